The van der Waals surface area contributed by atoms with Gasteiger partial charge in [-0.05, 0) is 12.1 Å². The van der Waals surface area contributed by atoms with Crippen LogP contribution in [0.2, 0.25) is 0 Å². The van der Waals surface area contributed by atoms with Crippen LogP contribution in [0, 0.1) is 0 Å². The maximum absolute atomic E-state index is 5.08. The lowest BCUT2D eigenvalue weighted by Crippen LogP contribution is -2.02. The summed E-state index contributed by atoms with van der Waals surface area (Å²) in [4.78, 5) is 5.08. The molecule has 0 aliphatic rings. The van der Waals surface area contributed by atoms with Crippen LogP contribution in [-0.2, 0) is 0 Å². The van der Waals surface area contributed by atoms with Crippen LogP contribution >= 0.6 is 0 Å². The van der Waals surface area contributed by atoms with Crippen LogP contribution < -0.4 is 4.84 Å². The summed E-state index contributed by atoms with van der Waals surface area (Å²) in [6, 6.07) is 10.1. The molecular weight excluding hydrogens is 138 g/mol. The summed E-state index contributed by atoms with van der Waals surface area (Å²) >= 11 is 0. The second-order valence-corrected chi connectivity index (χ2v) is 2.38. The minimum atomic E-state index is 1.11. The van der Waals surface area contributed by atoms with E-state index in [1.54, 1.807) is 11.8 Å². The van der Waals surface area contributed by atoms with Crippen LogP contribution in [0.1, 0.15) is 0 Å². The van der Waals surface area contributed by atoms with Gasteiger partial charge in [0.15, 0.2) is 0 Å². The van der Waals surface area contributed by atoms with Crippen molar-refractivity contribution in [3.8, 4) is 0 Å². The number of benzene rings is 1. The molecule has 56 valence electrons. The van der Waals surface area contributed by atoms with Crippen molar-refractivity contribution >= 4 is 10.9 Å². The first-order chi connectivity index (χ1) is 5.42. The SMILES string of the molecule is COn1ccc2ccccc21. The molecule has 0 radical (unpaired) electrons. The van der Waals surface area contributed by atoms with E-state index in [-0.39, 0.29) is 0 Å². The maximum Gasteiger partial charge on any atom is 0.104 e. The standard InChI is InChI=1S/C9H9NO/c1-11-10-7-6-8-4-2-3-5-9(8)10/h2-7H,1H3. The highest BCUT2D eigenvalue weighted by molar-refractivity contribution is 5.79. The van der Waals surface area contributed by atoms with Crippen molar-refractivity contribution in [1.82, 2.24) is 4.73 Å². The van der Waals surface area contributed by atoms with Crippen molar-refractivity contribution in [2.75, 3.05) is 7.11 Å². The Morgan fingerprint density at radius 3 is 2.82 bits per heavy atom. The first-order valence-corrected chi connectivity index (χ1v) is 3.52. The molecule has 0 N–H and O–H groups in total. The molecule has 0 aliphatic heterocycles. The Labute approximate surface area is 65.0 Å². The quantitative estimate of drug-likeness (QED) is 0.598. The van der Waals surface area contributed by atoms with Crippen molar-refractivity contribution in [2.24, 2.45) is 0 Å². The molecule has 11 heavy (non-hydrogen) atoms. The summed E-state index contributed by atoms with van der Waals surface area (Å²) in [5.41, 5.74) is 1.11. The van der Waals surface area contributed by atoms with Crippen LogP contribution in [0.4, 0.5) is 0 Å². The fourth-order valence-electron chi connectivity index (χ4n) is 1.22. The number of rotatable bonds is 1. The molecule has 2 aromatic rings. The van der Waals surface area contributed by atoms with Gasteiger partial charge in [0.25, 0.3) is 0 Å². The molecule has 0 saturated carbocycles. The topological polar surface area (TPSA) is 14.2 Å². The molecule has 0 fully saturated rings. The number of nitrogens with zero attached hydrogens (tertiary/aromatic N) is 1. The monoisotopic (exact) mass is 147 g/mol. The van der Waals surface area contributed by atoms with Gasteiger partial charge in [-0.1, -0.05) is 18.2 Å². The van der Waals surface area contributed by atoms with Crippen molar-refractivity contribution in [2.45, 2.75) is 0 Å². The summed E-state index contributed by atoms with van der Waals surface area (Å²) in [5, 5.41) is 1.20. The highest BCUT2D eigenvalue weighted by Gasteiger charge is 1.96. The summed E-state index contributed by atoms with van der Waals surface area (Å²) in [5.74, 6) is 0. The minimum Gasteiger partial charge on any atom is -0.417 e. The Hall–Kier alpha value is -1.44. The number of fused-ring (bicyclic) bond motifs is 1. The smallest absolute Gasteiger partial charge is 0.104 e. The summed E-state index contributed by atoms with van der Waals surface area (Å²) < 4.78 is 1.75. The van der Waals surface area contributed by atoms with Crippen molar-refractivity contribution in [1.29, 1.82) is 0 Å². The molecule has 0 unspecified atom stereocenters. The van der Waals surface area contributed by atoms with Gasteiger partial charge in [0.05, 0.1) is 5.52 Å². The van der Waals surface area contributed by atoms with Gasteiger partial charge < -0.3 is 4.84 Å². The Balaban J connectivity index is 2.76. The fraction of sp³-hybridized carbons (Fsp3) is 0.111. The van der Waals surface area contributed by atoms with Crippen LogP contribution in [0.15, 0.2) is 36.5 Å². The number of hydrogen-bond donors (Lipinski definition) is 0. The lowest BCUT2D eigenvalue weighted by molar-refractivity contribution is 0.179. The van der Waals surface area contributed by atoms with Gasteiger partial charge in [-0.25, -0.2) is 0 Å². The second-order valence-electron chi connectivity index (χ2n) is 2.38. The minimum absolute atomic E-state index is 1.11. The zero-order chi connectivity index (χ0) is 7.68. The Morgan fingerprint density at radius 2 is 2.00 bits per heavy atom. The van der Waals surface area contributed by atoms with Gasteiger partial charge in [0, 0.05) is 11.6 Å². The fourth-order valence-corrected chi connectivity index (χ4v) is 1.22. The normalized spacial score (nSPS) is 10.3. The van der Waals surface area contributed by atoms with Crippen LogP contribution in [0.25, 0.3) is 10.9 Å². The molecule has 0 bridgehead atoms. The number of aromatic nitrogens is 1. The summed E-state index contributed by atoms with van der Waals surface area (Å²) in [6.45, 7) is 0. The molecule has 1 aromatic carbocycles. The van der Waals surface area contributed by atoms with E-state index in [4.69, 9.17) is 4.84 Å². The zero-order valence-corrected chi connectivity index (χ0v) is 6.32. The van der Waals surface area contributed by atoms with Crippen LogP contribution in [0.3, 0.4) is 0 Å². The van der Waals surface area contributed by atoms with E-state index in [1.807, 2.05) is 30.5 Å². The van der Waals surface area contributed by atoms with Gasteiger partial charge in [0.2, 0.25) is 0 Å². The number of hydrogen-bond acceptors (Lipinski definition) is 1. The molecule has 0 amide bonds. The molecule has 2 rings (SSSR count). The molecule has 0 aliphatic carbocycles. The van der Waals surface area contributed by atoms with Crippen molar-refractivity contribution < 1.29 is 4.84 Å². The highest BCUT2D eigenvalue weighted by Crippen LogP contribution is 2.12. The average molecular weight is 147 g/mol. The van der Waals surface area contributed by atoms with Gasteiger partial charge >= 0.3 is 0 Å². The summed E-state index contributed by atoms with van der Waals surface area (Å²) in [7, 11) is 1.66. The van der Waals surface area contributed by atoms with Gasteiger partial charge in [-0.3, -0.25) is 0 Å². The van der Waals surface area contributed by atoms with Crippen molar-refractivity contribution in [3.05, 3.63) is 36.5 Å². The average Bonchev–Trinajstić information content (AvgIpc) is 2.47. The molecule has 0 atom stereocenters. The highest BCUT2D eigenvalue weighted by atomic mass is 16.6. The van der Waals surface area contributed by atoms with Crippen molar-refractivity contribution in [3.63, 3.8) is 0 Å². The predicted octanol–water partition coefficient (Wildman–Crippen LogP) is 1.70. The van der Waals surface area contributed by atoms with Gasteiger partial charge in [-0.2, -0.15) is 4.73 Å². The Bertz CT molecular complexity index is 364. The predicted molar refractivity (Wildman–Crippen MR) is 44.4 cm³/mol. The lowest BCUT2D eigenvalue weighted by atomic mass is 10.3. The second kappa shape index (κ2) is 2.31. The maximum atomic E-state index is 5.08. The molecule has 0 spiro atoms. The van der Waals surface area contributed by atoms with Gasteiger partial charge in [0.1, 0.15) is 7.11 Å². The van der Waals surface area contributed by atoms with Gasteiger partial charge in [-0.15, -0.1) is 0 Å². The molecule has 1 aromatic heterocycles. The third-order valence-corrected chi connectivity index (χ3v) is 1.76. The zero-order valence-electron chi connectivity index (χ0n) is 6.32. The van der Waals surface area contributed by atoms with E-state index in [2.05, 4.69) is 6.07 Å². The molecule has 2 nitrogen and oxygen atoms in total. The van der Waals surface area contributed by atoms with Crippen LogP contribution in [-0.4, -0.2) is 11.8 Å². The Kier molecular flexibility index (Phi) is 1.32. The van der Waals surface area contributed by atoms with E-state index in [0.717, 1.165) is 5.52 Å². The van der Waals surface area contributed by atoms with Crippen LogP contribution in [0.5, 0.6) is 0 Å². The molecule has 2 heteroatoms. The largest absolute Gasteiger partial charge is 0.417 e. The third-order valence-electron chi connectivity index (χ3n) is 1.76. The van der Waals surface area contributed by atoms with E-state index in [9.17, 15) is 0 Å². The first-order valence-electron chi connectivity index (χ1n) is 3.52. The van der Waals surface area contributed by atoms with E-state index >= 15 is 0 Å². The Morgan fingerprint density at radius 1 is 1.18 bits per heavy atom. The number of para-hydroxylation sites is 1. The van der Waals surface area contributed by atoms with E-state index in [0.29, 0.717) is 0 Å². The lowest BCUT2D eigenvalue weighted by Gasteiger charge is -2.00. The third kappa shape index (κ3) is 0.871. The van der Waals surface area contributed by atoms with E-state index in [1.165, 1.54) is 5.39 Å². The molecule has 1 heterocycles. The van der Waals surface area contributed by atoms with E-state index < -0.39 is 0 Å². The molecule has 0 saturated heterocycles. The molecular formula is C9H9NO. The summed E-state index contributed by atoms with van der Waals surface area (Å²) in [6.07, 6.45) is 1.91. The first kappa shape index (κ1) is 6.28.